The fraction of sp³-hybridized carbons (Fsp3) is 0.383. The number of halogens is 2. The van der Waals surface area contributed by atoms with Crippen molar-refractivity contribution < 1.29 is 72.4 Å². The number of fused-ring (bicyclic) bond motifs is 4. The molecule has 15 rings (SSSR count). The second kappa shape index (κ2) is 37.4. The zero-order chi connectivity index (χ0) is 85.4. The molecule has 8 aromatic heterocycles. The molecule has 12 heterocycles. The number of carbonyl (C=O) groups excluding carboxylic acids is 4. The van der Waals surface area contributed by atoms with E-state index >= 15 is 0 Å². The van der Waals surface area contributed by atoms with Crippen molar-refractivity contribution in [2.24, 2.45) is 17.8 Å². The number of anilines is 4. The summed E-state index contributed by atoms with van der Waals surface area (Å²) >= 11 is 6.76. The fourth-order valence-corrected chi connectivity index (χ4v) is 15.7. The van der Waals surface area contributed by atoms with Crippen molar-refractivity contribution in [3.05, 3.63) is 192 Å². The van der Waals surface area contributed by atoms with Crippen LogP contribution in [0.3, 0.4) is 0 Å². The number of esters is 4. The second-order valence-corrected chi connectivity index (χ2v) is 29.6. The molecule has 0 spiro atoms. The molecule has 614 valence electrons. The van der Waals surface area contributed by atoms with E-state index in [9.17, 15) is 34.5 Å². The summed E-state index contributed by atoms with van der Waals surface area (Å²) in [6, 6.07) is 28.5. The fourth-order valence-electron chi connectivity index (χ4n) is 14.6. The van der Waals surface area contributed by atoms with Gasteiger partial charge in [0.05, 0.1) is 93.0 Å². The van der Waals surface area contributed by atoms with E-state index in [0.717, 1.165) is 19.3 Å². The lowest BCUT2D eigenvalue weighted by Crippen LogP contribution is -2.34. The molecule has 4 saturated heterocycles. The van der Waals surface area contributed by atoms with Crippen molar-refractivity contribution in [2.75, 3.05) is 29.5 Å². The summed E-state index contributed by atoms with van der Waals surface area (Å²) in [5.74, 6) is 1.05. The maximum Gasteiger partial charge on any atom is 0.338 e. The Bertz CT molecular complexity index is 5730. The Morgan fingerprint density at radius 1 is 0.525 bits per heavy atom. The molecule has 0 radical (unpaired) electrons. The lowest BCUT2D eigenvalue weighted by Gasteiger charge is -2.24. The van der Waals surface area contributed by atoms with E-state index in [1.165, 1.54) is 17.7 Å². The monoisotopic (exact) mass is 1740 g/mol. The number of rotatable bonds is 14. The molecule has 4 aliphatic heterocycles. The maximum atomic E-state index is 12.8. The number of carbonyl (C=O) groups is 4. The average Bonchev–Trinajstić information content (AvgIpc) is 1.59. The standard InChI is InChI=1S/C22H22BrN5O3.C22H23N5O3.C16H20O5.C13H15N5O4.C8H6BrN5/c1-5-14-11(2)17(31-22(29)13-9-7-6-8-10-13)21(30-14)28-18(23)16(25-4)15-19(24)26-12(3)27-20(15)28;1-5-16-12(2)18(30-22(28)14-9-7-6-8-10-14)21(29-16)27-11-15(24-4)17-19(23)25-13(3)26-20(17)27;1-4-13-10(2)14(16(20-13)19-11(3)17)21-15(18)12-8-6-5-7-9-12;1-5-16-11(14)8-6(15-2)3-18(12(8)17-5)13-10(21)9(20)7(4-19)22-13;1-3-12-7(11)5-4(2-10)6(9)14-8(5)13-3/h6-11,14,17,21H,5H2,1-3H3,(H2,24,26,27);6-12,16,18,21H,5H2,1-3H3,(H2,23,25,26);5-10,13-14,16H,4H2,1-3H3;3,7,9-10,13,19-21H,4H2,1H3,(H2,14,16,17);1H3,(H3,11,12,13,14)/t11-,14-,17-,21-;12-,16-,18-,21-;10-,13-,14-,16?;7-,9-,10-,13-;/m1111./s1. The van der Waals surface area contributed by atoms with Crippen LogP contribution in [0.5, 0.6) is 0 Å². The molecule has 4 aliphatic rings. The minimum atomic E-state index is -1.26. The van der Waals surface area contributed by atoms with Crippen LogP contribution in [0, 0.1) is 76.5 Å². The van der Waals surface area contributed by atoms with Gasteiger partial charge < -0.3 is 90.3 Å². The Morgan fingerprint density at radius 2 is 0.915 bits per heavy atom. The first-order valence-electron chi connectivity index (χ1n) is 37.5. The molecular weight excluding hydrogens is 1650 g/mol. The van der Waals surface area contributed by atoms with Crippen molar-refractivity contribution in [1.82, 2.24) is 58.6 Å². The van der Waals surface area contributed by atoms with Crippen LogP contribution in [0.4, 0.5) is 40.3 Å². The molecule has 0 aliphatic carbocycles. The first-order chi connectivity index (χ1) is 56.4. The Labute approximate surface area is 693 Å². The van der Waals surface area contributed by atoms with Gasteiger partial charge in [0.1, 0.15) is 98.1 Å². The number of hydrogen-bond donors (Lipinski definition) is 8. The van der Waals surface area contributed by atoms with Crippen molar-refractivity contribution in [3.63, 3.8) is 0 Å². The predicted octanol–water partition coefficient (Wildman–Crippen LogP) is 12.4. The Kier molecular flexibility index (Phi) is 27.5. The van der Waals surface area contributed by atoms with Crippen LogP contribution in [-0.4, -0.2) is 166 Å². The minimum Gasteiger partial charge on any atom is -0.454 e. The van der Waals surface area contributed by atoms with E-state index in [-0.39, 0.29) is 59.2 Å². The number of H-pyrrole nitrogens is 1. The number of nitrogen functional groups attached to an aromatic ring is 4. The number of aliphatic hydroxyl groups is 3. The number of aromatic amines is 1. The van der Waals surface area contributed by atoms with Gasteiger partial charge in [-0.1, -0.05) is 96.1 Å². The zero-order valence-corrected chi connectivity index (χ0v) is 69.1. The minimum absolute atomic E-state index is 0.0352. The van der Waals surface area contributed by atoms with Crippen molar-refractivity contribution in [2.45, 2.75) is 175 Å². The van der Waals surface area contributed by atoms with E-state index in [1.54, 1.807) is 116 Å². The highest BCUT2D eigenvalue weighted by Gasteiger charge is 2.50. The molecule has 118 heavy (non-hydrogen) atoms. The van der Waals surface area contributed by atoms with Gasteiger partial charge in [0.15, 0.2) is 37.0 Å². The molecule has 12 N–H and O–H groups in total. The molecule has 0 amide bonds. The Balaban J connectivity index is 0.000000148. The SMILES string of the molecule is CC[C@H]1OC(OC(C)=O)[C@H](OC(=O)c2ccccc2)[C@@H]1C.Cc1nc(N)c2c(C#N)c(Br)[nH]c2n1.[C-]#[N+]c1c(Br)n([C@@H]2O[C@H](CC)[C@@H](C)[C@H]2OC(=O)c2ccccc2)c2nc(C)nc(N)c12.[C-]#[N+]c1cn([C@@H]2O[C@H](CC)[C@@H](C)[C@H]2OC(=O)c2ccccc2)c2nc(C)nc(N)c12.[C-]#[N+]c1cn([C@@H]2O[C@H](CO)[C@@H](O)[C@H]2O)c2nc(C)nc(N)c12. The molecular formula is C81H86Br2N20O15. The predicted molar refractivity (Wildman–Crippen MR) is 439 cm³/mol. The van der Waals surface area contributed by atoms with Crippen molar-refractivity contribution >= 4 is 140 Å². The van der Waals surface area contributed by atoms with Crippen LogP contribution in [0.2, 0.25) is 0 Å². The summed E-state index contributed by atoms with van der Waals surface area (Å²) in [6.07, 6.45) is -3.17. The highest BCUT2D eigenvalue weighted by molar-refractivity contribution is 9.10. The van der Waals surface area contributed by atoms with Crippen molar-refractivity contribution in [3.8, 4) is 6.07 Å². The third-order valence-corrected chi connectivity index (χ3v) is 21.7. The van der Waals surface area contributed by atoms with Gasteiger partial charge in [-0.05, 0) is 115 Å². The lowest BCUT2D eigenvalue weighted by atomic mass is 9.98. The van der Waals surface area contributed by atoms with E-state index in [4.69, 9.17) is 85.8 Å². The summed E-state index contributed by atoms with van der Waals surface area (Å²) < 4.78 is 52.3. The number of hydrogen-bond acceptors (Lipinski definition) is 28. The number of nitrogens with one attached hydrogen (secondary N) is 1. The number of nitrogens with zero attached hydrogens (tertiary/aromatic N) is 15. The van der Waals surface area contributed by atoms with Gasteiger partial charge in [0, 0.05) is 37.1 Å². The summed E-state index contributed by atoms with van der Waals surface area (Å²) in [6.45, 7) is 42.1. The highest BCUT2D eigenvalue weighted by Crippen LogP contribution is 2.48. The third-order valence-electron chi connectivity index (χ3n) is 20.3. The number of nitrogens with two attached hydrogens (primary N) is 4. The van der Waals surface area contributed by atoms with E-state index in [1.807, 2.05) is 65.8 Å². The van der Waals surface area contributed by atoms with Crippen LogP contribution in [0.1, 0.15) is 146 Å². The largest absolute Gasteiger partial charge is 0.454 e. The Hall–Kier alpha value is -12.1. The van der Waals surface area contributed by atoms with Crippen LogP contribution in [-0.2, 0) is 42.7 Å². The topological polar surface area (TPSA) is 477 Å². The summed E-state index contributed by atoms with van der Waals surface area (Å²) in [5.41, 5.74) is 28.4. The molecule has 11 aromatic rings. The van der Waals surface area contributed by atoms with E-state index in [0.29, 0.717) is 116 Å². The van der Waals surface area contributed by atoms with Crippen LogP contribution in [0.15, 0.2) is 113 Å². The molecule has 1 unspecified atom stereocenters. The van der Waals surface area contributed by atoms with Gasteiger partial charge in [-0.2, -0.15) is 5.26 Å². The normalized spacial score (nSPS) is 23.5. The molecule has 3 aromatic carbocycles. The zero-order valence-electron chi connectivity index (χ0n) is 65.9. The van der Waals surface area contributed by atoms with Crippen LogP contribution in [0.25, 0.3) is 58.7 Å². The van der Waals surface area contributed by atoms with E-state index in [2.05, 4.69) is 91.3 Å². The highest BCUT2D eigenvalue weighted by atomic mass is 79.9. The quantitative estimate of drug-likeness (QED) is 0.0285. The van der Waals surface area contributed by atoms with Crippen molar-refractivity contribution in [1.29, 1.82) is 5.26 Å². The number of aliphatic hydroxyl groups excluding tert-OH is 3. The lowest BCUT2D eigenvalue weighted by molar-refractivity contribution is -0.186. The molecule has 37 heteroatoms. The van der Waals surface area contributed by atoms with Gasteiger partial charge >= 0.3 is 23.9 Å². The van der Waals surface area contributed by atoms with Gasteiger partial charge in [-0.25, -0.2) is 68.8 Å². The molecule has 35 nitrogen and oxygen atoms in total. The number of ether oxygens (including phenoxy) is 8. The molecule has 0 saturated carbocycles. The number of nitriles is 1. The molecule has 0 bridgehead atoms. The van der Waals surface area contributed by atoms with Crippen LogP contribution < -0.4 is 22.9 Å². The molecule has 4 fully saturated rings. The van der Waals surface area contributed by atoms with Gasteiger partial charge in [-0.15, -0.1) is 0 Å². The third kappa shape index (κ3) is 17.9. The summed E-state index contributed by atoms with van der Waals surface area (Å²) in [7, 11) is 0. The Morgan fingerprint density at radius 3 is 1.34 bits per heavy atom. The number of benzene rings is 3. The van der Waals surface area contributed by atoms with Crippen LogP contribution >= 0.6 is 31.9 Å². The maximum absolute atomic E-state index is 12.8. The summed E-state index contributed by atoms with van der Waals surface area (Å²) in [5, 5.41) is 40.0. The average molecular weight is 1740 g/mol. The first kappa shape index (κ1) is 86.7. The van der Waals surface area contributed by atoms with Gasteiger partial charge in [-0.3, -0.25) is 9.36 Å². The van der Waals surface area contributed by atoms with E-state index < -0.39 is 92.1 Å². The number of aryl methyl sites for hydroxylation is 4. The van der Waals surface area contributed by atoms with Gasteiger partial charge in [0.2, 0.25) is 23.4 Å². The first-order valence-corrected chi connectivity index (χ1v) is 39.0. The second-order valence-electron chi connectivity index (χ2n) is 28.1. The smallest absolute Gasteiger partial charge is 0.338 e. The summed E-state index contributed by atoms with van der Waals surface area (Å²) in [4.78, 5) is 96.3. The molecule has 16 atom stereocenters. The number of aromatic nitrogens is 12. The van der Waals surface area contributed by atoms with Gasteiger partial charge in [0.25, 0.3) is 0 Å².